The summed E-state index contributed by atoms with van der Waals surface area (Å²) in [5.41, 5.74) is 1.17. The number of para-hydroxylation sites is 2. The number of terminal acetylenes is 1. The Labute approximate surface area is 158 Å². The quantitative estimate of drug-likeness (QED) is 0.674. The van der Waals surface area contributed by atoms with Gasteiger partial charge in [0.2, 0.25) is 0 Å². The molecule has 0 saturated carbocycles. The number of carbonyl (C=O) groups excluding carboxylic acids is 1. The number of benzene rings is 2. The van der Waals surface area contributed by atoms with Crippen LogP contribution in [-0.4, -0.2) is 30.3 Å². The molecule has 1 saturated heterocycles. The van der Waals surface area contributed by atoms with E-state index in [4.69, 9.17) is 11.2 Å². The molecule has 0 radical (unpaired) electrons. The molecule has 128 valence electrons. The summed E-state index contributed by atoms with van der Waals surface area (Å²) in [4.78, 5) is 15.7. The molecular weight excluding hydrogens is 378 g/mol. The minimum Gasteiger partial charge on any atom is -0.456 e. The Balaban J connectivity index is 0.00000182. The van der Waals surface area contributed by atoms with Gasteiger partial charge in [-0.3, -0.25) is 9.69 Å². The molecule has 25 heavy (non-hydrogen) atoms. The van der Waals surface area contributed by atoms with Gasteiger partial charge >= 0.3 is 0 Å². The predicted octanol–water partition coefficient (Wildman–Crippen LogP) is 4.22. The SMILES string of the molecule is Br.C#CCN1CCC2(CC1)C(=O)c1ccccc1Oc1ccccc12. The van der Waals surface area contributed by atoms with Crippen LogP contribution in [0, 0.1) is 12.3 Å². The standard InChI is InChI=1S/C21H19NO2.BrH/c1-2-13-22-14-11-21(12-15-22)17-8-4-6-10-19(17)24-18-9-5-3-7-16(18)20(21)23;/h1,3-10H,11-15H2;1H. The van der Waals surface area contributed by atoms with Crippen molar-refractivity contribution >= 4 is 22.8 Å². The van der Waals surface area contributed by atoms with Crippen molar-refractivity contribution in [1.82, 2.24) is 4.90 Å². The van der Waals surface area contributed by atoms with Gasteiger partial charge in [-0.2, -0.15) is 0 Å². The van der Waals surface area contributed by atoms with Crippen LogP contribution in [0.3, 0.4) is 0 Å². The molecule has 4 heteroatoms. The molecule has 2 heterocycles. The fraction of sp³-hybridized carbons (Fsp3) is 0.286. The lowest BCUT2D eigenvalue weighted by Crippen LogP contribution is -2.47. The molecule has 1 fully saturated rings. The Bertz CT molecular complexity index is 832. The third-order valence-corrected chi connectivity index (χ3v) is 5.21. The highest BCUT2D eigenvalue weighted by Gasteiger charge is 2.46. The number of ether oxygens (including phenoxy) is 1. The lowest BCUT2D eigenvalue weighted by molar-refractivity contribution is 0.0786. The summed E-state index contributed by atoms with van der Waals surface area (Å²) >= 11 is 0. The van der Waals surface area contributed by atoms with Crippen molar-refractivity contribution in [1.29, 1.82) is 0 Å². The Hall–Kier alpha value is -2.09. The highest BCUT2D eigenvalue weighted by molar-refractivity contribution is 8.93. The van der Waals surface area contributed by atoms with Gasteiger partial charge in [0.25, 0.3) is 0 Å². The zero-order valence-corrected chi connectivity index (χ0v) is 15.6. The van der Waals surface area contributed by atoms with Gasteiger partial charge in [0.1, 0.15) is 11.5 Å². The number of hydrogen-bond acceptors (Lipinski definition) is 3. The van der Waals surface area contributed by atoms with Crippen LogP contribution in [0.1, 0.15) is 28.8 Å². The third-order valence-electron chi connectivity index (χ3n) is 5.21. The van der Waals surface area contributed by atoms with Crippen LogP contribution in [0.2, 0.25) is 0 Å². The largest absolute Gasteiger partial charge is 0.456 e. The normalized spacial score (nSPS) is 18.1. The first kappa shape index (κ1) is 17.7. The van der Waals surface area contributed by atoms with Crippen molar-refractivity contribution < 1.29 is 9.53 Å². The van der Waals surface area contributed by atoms with E-state index in [0.717, 1.165) is 37.2 Å². The monoisotopic (exact) mass is 397 g/mol. The molecule has 0 atom stereocenters. The number of nitrogens with zero attached hydrogens (tertiary/aromatic N) is 1. The summed E-state index contributed by atoms with van der Waals surface area (Å²) in [6.07, 6.45) is 6.97. The summed E-state index contributed by atoms with van der Waals surface area (Å²) in [6, 6.07) is 15.5. The lowest BCUT2D eigenvalue weighted by atomic mass is 9.68. The zero-order valence-electron chi connectivity index (χ0n) is 13.9. The van der Waals surface area contributed by atoms with E-state index in [-0.39, 0.29) is 22.8 Å². The van der Waals surface area contributed by atoms with Crippen LogP contribution < -0.4 is 4.74 Å². The number of piperidine rings is 1. The first-order valence-electron chi connectivity index (χ1n) is 8.32. The van der Waals surface area contributed by atoms with E-state index >= 15 is 0 Å². The summed E-state index contributed by atoms with van der Waals surface area (Å²) in [5.74, 6) is 4.32. The minimum atomic E-state index is -0.520. The van der Waals surface area contributed by atoms with Crippen molar-refractivity contribution in [3.63, 3.8) is 0 Å². The highest BCUT2D eigenvalue weighted by Crippen LogP contribution is 2.47. The molecule has 0 N–H and O–H groups in total. The fourth-order valence-electron chi connectivity index (χ4n) is 3.91. The van der Waals surface area contributed by atoms with Gasteiger partial charge in [-0.25, -0.2) is 0 Å². The van der Waals surface area contributed by atoms with Crippen molar-refractivity contribution in [3.8, 4) is 23.8 Å². The Morgan fingerprint density at radius 2 is 1.68 bits per heavy atom. The number of hydrogen-bond donors (Lipinski definition) is 0. The van der Waals surface area contributed by atoms with Crippen LogP contribution >= 0.6 is 17.0 Å². The smallest absolute Gasteiger partial charge is 0.177 e. The maximum Gasteiger partial charge on any atom is 0.177 e. The molecule has 0 aliphatic carbocycles. The average Bonchev–Trinajstić information content (AvgIpc) is 2.72. The van der Waals surface area contributed by atoms with Gasteiger partial charge in [0, 0.05) is 18.7 Å². The Morgan fingerprint density at radius 3 is 2.40 bits per heavy atom. The molecule has 3 nitrogen and oxygen atoms in total. The number of halogens is 1. The number of rotatable bonds is 1. The molecule has 0 amide bonds. The van der Waals surface area contributed by atoms with Crippen LogP contribution in [0.15, 0.2) is 48.5 Å². The van der Waals surface area contributed by atoms with Gasteiger partial charge in [-0.1, -0.05) is 36.3 Å². The van der Waals surface area contributed by atoms with Gasteiger partial charge in [-0.05, 0) is 31.0 Å². The van der Waals surface area contributed by atoms with E-state index in [1.165, 1.54) is 0 Å². The molecule has 2 aromatic carbocycles. The maximum atomic E-state index is 13.5. The van der Waals surface area contributed by atoms with Gasteiger partial charge < -0.3 is 4.74 Å². The van der Waals surface area contributed by atoms with Crippen molar-refractivity contribution in [2.45, 2.75) is 18.3 Å². The van der Waals surface area contributed by atoms with E-state index in [1.807, 2.05) is 48.5 Å². The highest BCUT2D eigenvalue weighted by atomic mass is 79.9. The van der Waals surface area contributed by atoms with Gasteiger partial charge in [0.05, 0.1) is 17.5 Å². The van der Waals surface area contributed by atoms with E-state index in [1.54, 1.807) is 0 Å². The first-order valence-corrected chi connectivity index (χ1v) is 8.32. The molecule has 2 aromatic rings. The fourth-order valence-corrected chi connectivity index (χ4v) is 3.91. The zero-order chi connectivity index (χ0) is 16.6. The maximum absolute atomic E-state index is 13.5. The second-order valence-electron chi connectivity index (χ2n) is 6.49. The Kier molecular flexibility index (Phi) is 4.99. The summed E-state index contributed by atoms with van der Waals surface area (Å²) < 4.78 is 6.11. The average molecular weight is 398 g/mol. The molecule has 0 aromatic heterocycles. The van der Waals surface area contributed by atoms with Crippen molar-refractivity contribution in [2.24, 2.45) is 0 Å². The van der Waals surface area contributed by atoms with E-state index < -0.39 is 5.41 Å². The van der Waals surface area contributed by atoms with E-state index in [0.29, 0.717) is 17.9 Å². The van der Waals surface area contributed by atoms with Crippen LogP contribution in [0.25, 0.3) is 0 Å². The first-order chi connectivity index (χ1) is 11.7. The molecular formula is C21H20BrNO2. The number of fused-ring (bicyclic) bond motifs is 3. The van der Waals surface area contributed by atoms with E-state index in [9.17, 15) is 4.79 Å². The predicted molar refractivity (Wildman–Crippen MR) is 104 cm³/mol. The minimum absolute atomic E-state index is 0. The number of Topliss-reactive ketones (excluding diaryl/α,β-unsaturated/α-hetero) is 1. The van der Waals surface area contributed by atoms with Crippen LogP contribution in [0.4, 0.5) is 0 Å². The summed E-state index contributed by atoms with van der Waals surface area (Å²) in [5, 5.41) is 0. The number of likely N-dealkylation sites (tertiary alicyclic amines) is 1. The van der Waals surface area contributed by atoms with E-state index in [2.05, 4.69) is 10.8 Å². The second-order valence-corrected chi connectivity index (χ2v) is 6.49. The van der Waals surface area contributed by atoms with Crippen molar-refractivity contribution in [3.05, 3.63) is 59.7 Å². The topological polar surface area (TPSA) is 29.5 Å². The molecule has 0 bridgehead atoms. The van der Waals surface area contributed by atoms with Crippen molar-refractivity contribution in [2.75, 3.05) is 19.6 Å². The van der Waals surface area contributed by atoms with Gasteiger partial charge in [0.15, 0.2) is 5.78 Å². The van der Waals surface area contributed by atoms with Gasteiger partial charge in [-0.15, -0.1) is 23.4 Å². The van der Waals surface area contributed by atoms with Crippen LogP contribution in [0.5, 0.6) is 11.5 Å². The Morgan fingerprint density at radius 1 is 1.04 bits per heavy atom. The molecule has 2 aliphatic heterocycles. The second kappa shape index (κ2) is 7.03. The number of ketones is 1. The molecule has 4 rings (SSSR count). The molecule has 1 spiro atoms. The number of carbonyl (C=O) groups is 1. The lowest BCUT2D eigenvalue weighted by Gasteiger charge is -2.40. The molecule has 2 aliphatic rings. The molecule has 0 unspecified atom stereocenters. The summed E-state index contributed by atoms with van der Waals surface area (Å²) in [7, 11) is 0. The van der Waals surface area contributed by atoms with Crippen LogP contribution in [-0.2, 0) is 5.41 Å². The summed E-state index contributed by atoms with van der Waals surface area (Å²) in [6.45, 7) is 2.29. The third kappa shape index (κ3) is 2.88.